The van der Waals surface area contributed by atoms with E-state index in [1.165, 1.54) is 0 Å². The molecule has 30 heavy (non-hydrogen) atoms. The molecule has 3 N–H and O–H groups in total. The second-order valence-corrected chi connectivity index (χ2v) is 14.6. The van der Waals surface area contributed by atoms with E-state index >= 15 is 0 Å². The first kappa shape index (κ1) is 29.5. The van der Waals surface area contributed by atoms with Crippen LogP contribution in [0.1, 0.15) is 41.5 Å². The van der Waals surface area contributed by atoms with Gasteiger partial charge in [-0.25, -0.2) is 0 Å². The number of amides is 3. The summed E-state index contributed by atoms with van der Waals surface area (Å²) in [6.07, 6.45) is 0.616. The van der Waals surface area contributed by atoms with Crippen molar-refractivity contribution in [2.45, 2.75) is 54.5 Å². The molecule has 0 spiro atoms. The van der Waals surface area contributed by atoms with Crippen LogP contribution >= 0.6 is 47.8 Å². The highest BCUT2D eigenvalue weighted by Crippen LogP contribution is 2.22. The number of carbonyl (C=O) groups is 4. The molecule has 0 atom stereocenters. The zero-order valence-corrected chi connectivity index (χ0v) is 23.0. The molecule has 0 aromatic heterocycles. The molecule has 11 heteroatoms. The molecule has 0 aromatic carbocycles. The van der Waals surface area contributed by atoms with Crippen LogP contribution < -0.4 is 16.0 Å². The van der Waals surface area contributed by atoms with Gasteiger partial charge in [0.2, 0.25) is 17.7 Å². The third kappa shape index (κ3) is 11.2. The summed E-state index contributed by atoms with van der Waals surface area (Å²) >= 11 is 9.93. The topological polar surface area (TPSA) is 114 Å². The summed E-state index contributed by atoms with van der Waals surface area (Å²) in [6, 6.07) is 0. The summed E-state index contributed by atoms with van der Waals surface area (Å²) in [5, 5.41) is 8.51. The lowest BCUT2D eigenvalue weighted by molar-refractivity contribution is -0.125. The number of carbonyl (C=O) groups excluding carboxylic acids is 4. The van der Waals surface area contributed by atoms with E-state index in [4.69, 9.17) is 4.74 Å². The average molecular weight is 622 g/mol. The van der Waals surface area contributed by atoms with E-state index in [0.29, 0.717) is 6.29 Å². The van der Waals surface area contributed by atoms with Crippen molar-refractivity contribution in [1.82, 2.24) is 16.0 Å². The van der Waals surface area contributed by atoms with Gasteiger partial charge in [0.15, 0.2) is 0 Å². The first-order valence-corrected chi connectivity index (χ1v) is 11.8. The first-order valence-electron chi connectivity index (χ1n) is 9.38. The molecule has 0 fully saturated rings. The number of hydrogen-bond donors (Lipinski definition) is 3. The SMILES string of the molecule is CC(C)(Br)C(=O)NCC(CNC(=O)C(C)(C)Br)(CNC(=O)C(C)(C)Br)COCC=O. The molecule has 3 amide bonds. The van der Waals surface area contributed by atoms with Gasteiger partial charge in [-0.1, -0.05) is 47.8 Å². The van der Waals surface area contributed by atoms with Crippen LogP contribution in [-0.2, 0) is 23.9 Å². The number of aldehydes is 1. The Bertz CT molecular complexity index is 548. The highest BCUT2D eigenvalue weighted by molar-refractivity contribution is 9.10. The van der Waals surface area contributed by atoms with Crippen molar-refractivity contribution < 1.29 is 23.9 Å². The Labute approximate surface area is 203 Å². The van der Waals surface area contributed by atoms with Crippen LogP contribution in [0.25, 0.3) is 0 Å². The van der Waals surface area contributed by atoms with Crippen LogP contribution in [0.3, 0.4) is 0 Å². The Balaban J connectivity index is 5.67. The van der Waals surface area contributed by atoms with Gasteiger partial charge in [-0.3, -0.25) is 14.4 Å². The van der Waals surface area contributed by atoms with Crippen LogP contribution in [0.4, 0.5) is 0 Å². The van der Waals surface area contributed by atoms with Crippen molar-refractivity contribution in [3.8, 4) is 0 Å². The molecule has 0 heterocycles. The zero-order valence-electron chi connectivity index (χ0n) is 18.3. The monoisotopic (exact) mass is 619 g/mol. The summed E-state index contributed by atoms with van der Waals surface area (Å²) in [4.78, 5) is 47.9. The minimum Gasteiger partial charge on any atom is -0.373 e. The molecule has 0 aliphatic rings. The maximum atomic E-state index is 12.4. The fourth-order valence-corrected chi connectivity index (χ4v) is 2.52. The van der Waals surface area contributed by atoms with Gasteiger partial charge in [0, 0.05) is 25.0 Å². The quantitative estimate of drug-likeness (QED) is 0.166. The van der Waals surface area contributed by atoms with E-state index in [1.54, 1.807) is 41.5 Å². The van der Waals surface area contributed by atoms with Gasteiger partial charge in [-0.05, 0) is 41.5 Å². The minimum absolute atomic E-state index is 0.0285. The van der Waals surface area contributed by atoms with Crippen LogP contribution in [0.15, 0.2) is 0 Å². The summed E-state index contributed by atoms with van der Waals surface area (Å²) < 4.78 is 3.04. The van der Waals surface area contributed by atoms with Crippen LogP contribution in [-0.4, -0.2) is 69.8 Å². The third-order valence-corrected chi connectivity index (χ3v) is 5.17. The van der Waals surface area contributed by atoms with Crippen LogP contribution in [0, 0.1) is 5.41 Å². The Kier molecular flexibility index (Phi) is 11.7. The van der Waals surface area contributed by atoms with E-state index < -0.39 is 18.4 Å². The molecule has 0 saturated heterocycles. The molecule has 0 radical (unpaired) electrons. The number of hydrogen-bond acceptors (Lipinski definition) is 5. The Morgan fingerprint density at radius 3 is 1.27 bits per heavy atom. The van der Waals surface area contributed by atoms with Crippen molar-refractivity contribution in [1.29, 1.82) is 0 Å². The molecule has 0 aliphatic carbocycles. The number of nitrogens with one attached hydrogen (secondary N) is 3. The predicted molar refractivity (Wildman–Crippen MR) is 127 cm³/mol. The Morgan fingerprint density at radius 2 is 1.03 bits per heavy atom. The fraction of sp³-hybridized carbons (Fsp3) is 0.789. The molecule has 174 valence electrons. The van der Waals surface area contributed by atoms with Gasteiger partial charge in [0.05, 0.1) is 19.6 Å². The molecular formula is C19H32Br3N3O5. The van der Waals surface area contributed by atoms with Crippen molar-refractivity contribution >= 4 is 71.8 Å². The van der Waals surface area contributed by atoms with Gasteiger partial charge >= 0.3 is 0 Å². The number of halogens is 3. The zero-order chi connectivity index (χ0) is 23.8. The van der Waals surface area contributed by atoms with Gasteiger partial charge in [-0.2, -0.15) is 0 Å². The van der Waals surface area contributed by atoms with Gasteiger partial charge in [0.25, 0.3) is 0 Å². The van der Waals surface area contributed by atoms with E-state index in [0.717, 1.165) is 0 Å². The fourth-order valence-electron chi connectivity index (χ4n) is 2.10. The van der Waals surface area contributed by atoms with Crippen molar-refractivity contribution in [2.24, 2.45) is 5.41 Å². The van der Waals surface area contributed by atoms with E-state index in [9.17, 15) is 19.2 Å². The predicted octanol–water partition coefficient (Wildman–Crippen LogP) is 2.06. The lowest BCUT2D eigenvalue weighted by Crippen LogP contribution is -2.57. The molecular weight excluding hydrogens is 590 g/mol. The Morgan fingerprint density at radius 1 is 0.733 bits per heavy atom. The molecule has 0 aliphatic heterocycles. The lowest BCUT2D eigenvalue weighted by Gasteiger charge is -2.36. The minimum atomic E-state index is -0.890. The van der Waals surface area contributed by atoms with E-state index in [2.05, 4.69) is 63.7 Å². The lowest BCUT2D eigenvalue weighted by atomic mass is 9.87. The summed E-state index contributed by atoms with van der Waals surface area (Å²) in [5.74, 6) is -0.787. The third-order valence-electron chi connectivity index (χ3n) is 4.09. The molecule has 0 rings (SSSR count). The normalized spacial score (nSPS) is 12.8. The van der Waals surface area contributed by atoms with E-state index in [1.807, 2.05) is 0 Å². The van der Waals surface area contributed by atoms with Crippen LogP contribution in [0.5, 0.6) is 0 Å². The van der Waals surface area contributed by atoms with E-state index in [-0.39, 0.29) is 50.6 Å². The summed E-state index contributed by atoms with van der Waals surface area (Å²) in [6.45, 7) is 10.4. The van der Waals surface area contributed by atoms with Crippen LogP contribution in [0.2, 0.25) is 0 Å². The maximum absolute atomic E-state index is 12.4. The molecule has 0 aromatic rings. The average Bonchev–Trinajstić information content (AvgIpc) is 2.59. The smallest absolute Gasteiger partial charge is 0.236 e. The maximum Gasteiger partial charge on any atom is 0.236 e. The first-order chi connectivity index (χ1) is 13.4. The van der Waals surface area contributed by atoms with Gasteiger partial charge in [0.1, 0.15) is 12.9 Å². The van der Waals surface area contributed by atoms with Crippen molar-refractivity contribution in [2.75, 3.05) is 32.8 Å². The standard InChI is InChI=1S/C19H32Br3N3O5/c1-16(2,20)13(27)23-9-19(12-30-8-7-26,10-24-14(28)17(3,4)21)11-25-15(29)18(5,6)22/h7H,8-12H2,1-6H3,(H,23,27)(H,24,28)(H,25,29). The highest BCUT2D eigenvalue weighted by atomic mass is 79.9. The number of rotatable bonds is 13. The van der Waals surface area contributed by atoms with Gasteiger partial charge < -0.3 is 25.5 Å². The van der Waals surface area contributed by atoms with Crippen molar-refractivity contribution in [3.05, 3.63) is 0 Å². The summed E-state index contributed by atoms with van der Waals surface area (Å²) in [5.41, 5.74) is -0.890. The second-order valence-electron chi connectivity index (χ2n) is 8.65. The molecule has 8 nitrogen and oxygen atoms in total. The second kappa shape index (κ2) is 11.9. The number of alkyl halides is 3. The Hall–Kier alpha value is -0.520. The molecule has 0 unspecified atom stereocenters. The summed E-state index contributed by atoms with van der Waals surface area (Å²) in [7, 11) is 0. The largest absolute Gasteiger partial charge is 0.373 e. The highest BCUT2D eigenvalue weighted by Gasteiger charge is 2.37. The molecule has 0 bridgehead atoms. The van der Waals surface area contributed by atoms with Gasteiger partial charge in [-0.15, -0.1) is 0 Å². The molecule has 0 saturated carbocycles. The van der Waals surface area contributed by atoms with Crippen molar-refractivity contribution in [3.63, 3.8) is 0 Å². The number of ether oxygens (including phenoxy) is 1.